The first-order valence-corrected chi connectivity index (χ1v) is 7.54. The summed E-state index contributed by atoms with van der Waals surface area (Å²) in [6.07, 6.45) is 0. The first-order valence-electron chi connectivity index (χ1n) is 6.75. The molecule has 3 rings (SSSR count). The highest BCUT2D eigenvalue weighted by molar-refractivity contribution is 9.10. The van der Waals surface area contributed by atoms with Crippen molar-refractivity contribution in [1.82, 2.24) is 9.97 Å². The van der Waals surface area contributed by atoms with Crippen LogP contribution >= 0.6 is 15.9 Å². The number of hydrogen-bond acceptors (Lipinski definition) is 4. The topological polar surface area (TPSA) is 75.2 Å². The average molecular weight is 361 g/mol. The second kappa shape index (κ2) is 5.81. The zero-order valence-electron chi connectivity index (χ0n) is 11.8. The van der Waals surface area contributed by atoms with Gasteiger partial charge in [-0.3, -0.25) is 4.79 Å². The number of rotatable bonds is 3. The van der Waals surface area contributed by atoms with Crippen LogP contribution in [0.25, 0.3) is 22.3 Å². The van der Waals surface area contributed by atoms with Crippen molar-refractivity contribution in [2.75, 3.05) is 6.61 Å². The molecule has 0 saturated heterocycles. The Labute approximate surface area is 134 Å². The molecule has 0 fully saturated rings. The average Bonchev–Trinajstić information content (AvgIpc) is 2.50. The maximum absolute atomic E-state index is 12.2. The van der Waals surface area contributed by atoms with E-state index >= 15 is 0 Å². The molecule has 0 spiro atoms. The van der Waals surface area contributed by atoms with Gasteiger partial charge in [-0.25, -0.2) is 4.98 Å². The van der Waals surface area contributed by atoms with Crippen LogP contribution in [0.2, 0.25) is 0 Å². The van der Waals surface area contributed by atoms with Gasteiger partial charge in [0.1, 0.15) is 5.82 Å². The Hall–Kier alpha value is -2.34. The smallest absolute Gasteiger partial charge is 0.259 e. The Bertz CT molecular complexity index is 906. The maximum Gasteiger partial charge on any atom is 0.259 e. The van der Waals surface area contributed by atoms with Crippen molar-refractivity contribution < 1.29 is 9.84 Å². The predicted molar refractivity (Wildman–Crippen MR) is 88.3 cm³/mol. The zero-order chi connectivity index (χ0) is 15.7. The minimum atomic E-state index is -0.210. The summed E-state index contributed by atoms with van der Waals surface area (Å²) >= 11 is 3.38. The Morgan fingerprint density at radius 1 is 1.32 bits per heavy atom. The lowest BCUT2D eigenvalue weighted by Gasteiger charge is -2.10. The number of fused-ring (bicyclic) bond motifs is 1. The molecule has 0 atom stereocenters. The lowest BCUT2D eigenvalue weighted by molar-refractivity contribution is 0.318. The van der Waals surface area contributed by atoms with E-state index in [1.54, 1.807) is 24.3 Å². The number of hydrogen-bond donors (Lipinski definition) is 2. The Morgan fingerprint density at radius 2 is 2.09 bits per heavy atom. The number of aromatic amines is 1. The second-order valence-electron chi connectivity index (χ2n) is 4.66. The van der Waals surface area contributed by atoms with Crippen molar-refractivity contribution in [3.8, 4) is 22.9 Å². The van der Waals surface area contributed by atoms with Gasteiger partial charge in [-0.2, -0.15) is 0 Å². The molecule has 3 aromatic rings. The lowest BCUT2D eigenvalue weighted by Crippen LogP contribution is -2.09. The number of halogens is 1. The molecule has 2 aromatic carbocycles. The van der Waals surface area contributed by atoms with Crippen molar-refractivity contribution in [1.29, 1.82) is 0 Å². The molecule has 0 bridgehead atoms. The molecule has 5 nitrogen and oxygen atoms in total. The quantitative estimate of drug-likeness (QED) is 0.749. The molecule has 0 amide bonds. The Morgan fingerprint density at radius 3 is 2.86 bits per heavy atom. The van der Waals surface area contributed by atoms with Crippen LogP contribution in [0.4, 0.5) is 0 Å². The highest BCUT2D eigenvalue weighted by Gasteiger charge is 2.13. The third kappa shape index (κ3) is 2.57. The highest BCUT2D eigenvalue weighted by Crippen LogP contribution is 2.36. The van der Waals surface area contributed by atoms with Gasteiger partial charge in [0.25, 0.3) is 5.56 Å². The second-order valence-corrected chi connectivity index (χ2v) is 5.52. The van der Waals surface area contributed by atoms with Crippen molar-refractivity contribution in [2.45, 2.75) is 6.92 Å². The molecule has 6 heteroatoms. The zero-order valence-corrected chi connectivity index (χ0v) is 13.3. The molecular formula is C16H13BrN2O3. The van der Waals surface area contributed by atoms with Crippen LogP contribution in [0.5, 0.6) is 11.5 Å². The summed E-state index contributed by atoms with van der Waals surface area (Å²) in [6, 6.07) is 10.3. The van der Waals surface area contributed by atoms with Crippen LogP contribution in [-0.2, 0) is 0 Å². The summed E-state index contributed by atoms with van der Waals surface area (Å²) in [5.41, 5.74) is 1.04. The number of phenolic OH excluding ortho intramolecular Hbond substituents is 1. The minimum absolute atomic E-state index is 0.0283. The molecule has 1 aromatic heterocycles. The molecule has 0 unspecified atom stereocenters. The molecule has 112 valence electrons. The number of ether oxygens (including phenoxy) is 1. The number of para-hydroxylation sites is 1. The van der Waals surface area contributed by atoms with E-state index in [1.165, 1.54) is 6.07 Å². The fourth-order valence-electron chi connectivity index (χ4n) is 2.21. The van der Waals surface area contributed by atoms with Crippen LogP contribution in [0, 0.1) is 0 Å². The summed E-state index contributed by atoms with van der Waals surface area (Å²) in [7, 11) is 0. The number of aromatic nitrogens is 2. The van der Waals surface area contributed by atoms with Crippen molar-refractivity contribution >= 4 is 26.8 Å². The molecule has 0 aliphatic carbocycles. The molecule has 22 heavy (non-hydrogen) atoms. The van der Waals surface area contributed by atoms with Crippen LogP contribution in [-0.4, -0.2) is 21.7 Å². The van der Waals surface area contributed by atoms with Gasteiger partial charge < -0.3 is 14.8 Å². The van der Waals surface area contributed by atoms with Crippen LogP contribution in [0.1, 0.15) is 6.92 Å². The van der Waals surface area contributed by atoms with E-state index in [1.807, 2.05) is 13.0 Å². The number of phenols is 1. The SMILES string of the molecule is CCOc1cc(-c2nc3ccccc3c(=O)[nH]2)c(Br)cc1O. The Balaban J connectivity index is 2.23. The molecular weight excluding hydrogens is 348 g/mol. The van der Waals surface area contributed by atoms with E-state index in [-0.39, 0.29) is 11.3 Å². The van der Waals surface area contributed by atoms with E-state index < -0.39 is 0 Å². The van der Waals surface area contributed by atoms with E-state index in [4.69, 9.17) is 4.74 Å². The standard InChI is InChI=1S/C16H13BrN2O3/c1-2-22-14-7-10(11(17)8-13(14)20)15-18-12-6-4-3-5-9(12)16(21)19-15/h3-8,20H,2H2,1H3,(H,18,19,21). The molecule has 0 radical (unpaired) electrons. The predicted octanol–water partition coefficient (Wildman–Crippen LogP) is 3.46. The van der Waals surface area contributed by atoms with Crippen molar-refractivity contribution in [3.05, 3.63) is 51.2 Å². The summed E-state index contributed by atoms with van der Waals surface area (Å²) in [6.45, 7) is 2.26. The van der Waals surface area contributed by atoms with E-state index in [9.17, 15) is 9.90 Å². The molecule has 0 saturated carbocycles. The first kappa shape index (κ1) is 14.6. The van der Waals surface area contributed by atoms with Gasteiger partial charge in [0.2, 0.25) is 0 Å². The monoisotopic (exact) mass is 360 g/mol. The van der Waals surface area contributed by atoms with Crippen LogP contribution in [0.15, 0.2) is 45.7 Å². The summed E-state index contributed by atoms with van der Waals surface area (Å²) in [5, 5.41) is 10.4. The third-order valence-corrected chi connectivity index (χ3v) is 3.87. The highest BCUT2D eigenvalue weighted by atomic mass is 79.9. The van der Waals surface area contributed by atoms with E-state index in [0.29, 0.717) is 39.1 Å². The van der Waals surface area contributed by atoms with Gasteiger partial charge in [-0.1, -0.05) is 12.1 Å². The summed E-state index contributed by atoms with van der Waals surface area (Å²) < 4.78 is 6.00. The third-order valence-electron chi connectivity index (χ3n) is 3.22. The molecule has 2 N–H and O–H groups in total. The minimum Gasteiger partial charge on any atom is -0.504 e. The van der Waals surface area contributed by atoms with Gasteiger partial charge in [0.05, 0.1) is 17.5 Å². The molecule has 0 aliphatic heterocycles. The van der Waals surface area contributed by atoms with Crippen LogP contribution < -0.4 is 10.3 Å². The molecule has 0 aliphatic rings. The van der Waals surface area contributed by atoms with Gasteiger partial charge in [0, 0.05) is 10.0 Å². The fourth-order valence-corrected chi connectivity index (χ4v) is 2.73. The summed E-state index contributed by atoms with van der Waals surface area (Å²) in [5.74, 6) is 0.786. The number of benzene rings is 2. The van der Waals surface area contributed by atoms with Crippen molar-refractivity contribution in [2.24, 2.45) is 0 Å². The van der Waals surface area contributed by atoms with Crippen molar-refractivity contribution in [3.63, 3.8) is 0 Å². The van der Waals surface area contributed by atoms with Gasteiger partial charge in [-0.05, 0) is 47.1 Å². The van der Waals surface area contributed by atoms with Gasteiger partial charge >= 0.3 is 0 Å². The normalized spacial score (nSPS) is 10.8. The first-order chi connectivity index (χ1) is 10.6. The van der Waals surface area contributed by atoms with E-state index in [0.717, 1.165) is 0 Å². The van der Waals surface area contributed by atoms with Gasteiger partial charge in [0.15, 0.2) is 11.5 Å². The fraction of sp³-hybridized carbons (Fsp3) is 0.125. The van der Waals surface area contributed by atoms with E-state index in [2.05, 4.69) is 25.9 Å². The molecule has 1 heterocycles. The van der Waals surface area contributed by atoms with Gasteiger partial charge in [-0.15, -0.1) is 0 Å². The maximum atomic E-state index is 12.2. The number of nitrogens with zero attached hydrogens (tertiary/aromatic N) is 1. The largest absolute Gasteiger partial charge is 0.504 e. The lowest BCUT2D eigenvalue weighted by atomic mass is 10.1. The number of aromatic hydroxyl groups is 1. The number of H-pyrrole nitrogens is 1. The number of nitrogens with one attached hydrogen (secondary N) is 1. The van der Waals surface area contributed by atoms with Crippen LogP contribution in [0.3, 0.4) is 0 Å². The summed E-state index contributed by atoms with van der Waals surface area (Å²) in [4.78, 5) is 19.4. The Kier molecular flexibility index (Phi) is 3.85.